The standard InChI is InChI=1S/C18H19N/c1-12-13(2)18(3,4)11-16(12)15-9-5-7-14-8-6-10-19-17(14)15/h5-11H,1-4H3. The van der Waals surface area contributed by atoms with Gasteiger partial charge in [-0.2, -0.15) is 0 Å². The predicted octanol–water partition coefficient (Wildman–Crippen LogP) is 4.99. The van der Waals surface area contributed by atoms with E-state index < -0.39 is 0 Å². The highest BCUT2D eigenvalue weighted by Crippen LogP contribution is 2.45. The number of para-hydroxylation sites is 1. The zero-order valence-electron chi connectivity index (χ0n) is 12.0. The minimum absolute atomic E-state index is 0.149. The van der Waals surface area contributed by atoms with Gasteiger partial charge in [0.1, 0.15) is 0 Å². The highest BCUT2D eigenvalue weighted by Gasteiger charge is 2.28. The smallest absolute Gasteiger partial charge is 0.0780 e. The van der Waals surface area contributed by atoms with Crippen LogP contribution in [-0.4, -0.2) is 4.98 Å². The van der Waals surface area contributed by atoms with E-state index in [0.717, 1.165) is 5.52 Å². The molecule has 0 saturated carbocycles. The number of hydrogen-bond acceptors (Lipinski definition) is 1. The Labute approximate surface area is 114 Å². The van der Waals surface area contributed by atoms with Crippen molar-refractivity contribution in [1.82, 2.24) is 4.98 Å². The molecule has 0 aliphatic heterocycles. The summed E-state index contributed by atoms with van der Waals surface area (Å²) in [5.74, 6) is 0. The quantitative estimate of drug-likeness (QED) is 0.693. The summed E-state index contributed by atoms with van der Waals surface area (Å²) in [5, 5.41) is 1.20. The van der Waals surface area contributed by atoms with Crippen LogP contribution in [0.3, 0.4) is 0 Å². The Balaban J connectivity index is 2.28. The van der Waals surface area contributed by atoms with Crippen LogP contribution in [0.25, 0.3) is 16.5 Å². The third-order valence-electron chi connectivity index (χ3n) is 4.36. The lowest BCUT2D eigenvalue weighted by molar-refractivity contribution is 0.589. The average Bonchev–Trinajstić information content (AvgIpc) is 2.62. The lowest BCUT2D eigenvalue weighted by atomic mass is 9.88. The molecule has 0 saturated heterocycles. The van der Waals surface area contributed by atoms with Crippen LogP contribution in [0.1, 0.15) is 33.3 Å². The molecule has 96 valence electrons. The fraction of sp³-hybridized carbons (Fsp3) is 0.278. The highest BCUT2D eigenvalue weighted by atomic mass is 14.7. The Morgan fingerprint density at radius 1 is 1.00 bits per heavy atom. The van der Waals surface area contributed by atoms with Gasteiger partial charge in [-0.25, -0.2) is 0 Å². The fourth-order valence-electron chi connectivity index (χ4n) is 2.86. The van der Waals surface area contributed by atoms with Crippen molar-refractivity contribution in [3.05, 3.63) is 59.3 Å². The zero-order chi connectivity index (χ0) is 13.6. The topological polar surface area (TPSA) is 12.9 Å². The van der Waals surface area contributed by atoms with Gasteiger partial charge in [0, 0.05) is 22.6 Å². The number of benzene rings is 1. The van der Waals surface area contributed by atoms with Gasteiger partial charge in [0.15, 0.2) is 0 Å². The molecule has 1 aromatic carbocycles. The Kier molecular flexibility index (Phi) is 2.60. The molecule has 3 rings (SSSR count). The molecule has 1 aliphatic carbocycles. The molecule has 1 aromatic heterocycles. The molecule has 0 unspecified atom stereocenters. The second-order valence-electron chi connectivity index (χ2n) is 5.91. The summed E-state index contributed by atoms with van der Waals surface area (Å²) in [6.45, 7) is 9.00. The highest BCUT2D eigenvalue weighted by molar-refractivity contribution is 5.96. The van der Waals surface area contributed by atoms with E-state index >= 15 is 0 Å². The number of allylic oxidation sites excluding steroid dienone is 4. The number of hydrogen-bond donors (Lipinski definition) is 0. The third kappa shape index (κ3) is 1.81. The van der Waals surface area contributed by atoms with Gasteiger partial charge in [-0.15, -0.1) is 0 Å². The first-order valence-electron chi connectivity index (χ1n) is 6.76. The third-order valence-corrected chi connectivity index (χ3v) is 4.36. The minimum atomic E-state index is 0.149. The second kappa shape index (κ2) is 4.06. The van der Waals surface area contributed by atoms with Crippen molar-refractivity contribution >= 4 is 16.5 Å². The van der Waals surface area contributed by atoms with Crippen LogP contribution < -0.4 is 0 Å². The molecule has 1 nitrogen and oxygen atoms in total. The first-order chi connectivity index (χ1) is 9.00. The normalized spacial score (nSPS) is 18.0. The summed E-state index contributed by atoms with van der Waals surface area (Å²) in [5.41, 5.74) is 6.68. The van der Waals surface area contributed by atoms with Crippen molar-refractivity contribution < 1.29 is 0 Å². The van der Waals surface area contributed by atoms with E-state index in [1.54, 1.807) is 0 Å². The Hall–Kier alpha value is -1.89. The SMILES string of the molecule is CC1=C(C)C(C)(C)C=C1c1cccc2cccnc12. The van der Waals surface area contributed by atoms with Gasteiger partial charge in [-0.3, -0.25) is 4.98 Å². The van der Waals surface area contributed by atoms with Crippen LogP contribution in [0, 0.1) is 5.41 Å². The van der Waals surface area contributed by atoms with Gasteiger partial charge in [-0.1, -0.05) is 49.8 Å². The number of aromatic nitrogens is 1. The van der Waals surface area contributed by atoms with Gasteiger partial charge in [0.25, 0.3) is 0 Å². The molecule has 0 fully saturated rings. The van der Waals surface area contributed by atoms with E-state index in [2.05, 4.69) is 63.0 Å². The summed E-state index contributed by atoms with van der Waals surface area (Å²) in [4.78, 5) is 4.57. The lowest BCUT2D eigenvalue weighted by Crippen LogP contribution is -2.05. The number of rotatable bonds is 1. The molecule has 1 heteroatoms. The van der Waals surface area contributed by atoms with Crippen LogP contribution in [0.2, 0.25) is 0 Å². The molecular weight excluding hydrogens is 230 g/mol. The molecule has 1 heterocycles. The summed E-state index contributed by atoms with van der Waals surface area (Å²) in [7, 11) is 0. The predicted molar refractivity (Wildman–Crippen MR) is 81.9 cm³/mol. The summed E-state index contributed by atoms with van der Waals surface area (Å²) < 4.78 is 0. The van der Waals surface area contributed by atoms with Crippen molar-refractivity contribution in [1.29, 1.82) is 0 Å². The molecule has 0 radical (unpaired) electrons. The number of nitrogens with zero attached hydrogens (tertiary/aromatic N) is 1. The van der Waals surface area contributed by atoms with Crippen molar-refractivity contribution in [2.75, 3.05) is 0 Å². The van der Waals surface area contributed by atoms with Gasteiger partial charge in [-0.05, 0) is 31.1 Å². The lowest BCUT2D eigenvalue weighted by Gasteiger charge is -2.17. The maximum absolute atomic E-state index is 4.57. The van der Waals surface area contributed by atoms with Crippen molar-refractivity contribution in [3.63, 3.8) is 0 Å². The van der Waals surface area contributed by atoms with Crippen LogP contribution in [0.5, 0.6) is 0 Å². The largest absolute Gasteiger partial charge is 0.256 e. The van der Waals surface area contributed by atoms with Crippen molar-refractivity contribution in [2.45, 2.75) is 27.7 Å². The van der Waals surface area contributed by atoms with Gasteiger partial charge < -0.3 is 0 Å². The Morgan fingerprint density at radius 2 is 1.74 bits per heavy atom. The zero-order valence-corrected chi connectivity index (χ0v) is 12.0. The maximum atomic E-state index is 4.57. The summed E-state index contributed by atoms with van der Waals surface area (Å²) in [6, 6.07) is 10.5. The molecule has 19 heavy (non-hydrogen) atoms. The van der Waals surface area contributed by atoms with Gasteiger partial charge in [0.05, 0.1) is 5.52 Å². The molecule has 0 amide bonds. The molecule has 0 atom stereocenters. The van der Waals surface area contributed by atoms with E-state index in [0.29, 0.717) is 0 Å². The minimum Gasteiger partial charge on any atom is -0.256 e. The molecule has 0 spiro atoms. The summed E-state index contributed by atoms with van der Waals surface area (Å²) in [6.07, 6.45) is 4.25. The van der Waals surface area contributed by atoms with Crippen molar-refractivity contribution in [3.8, 4) is 0 Å². The van der Waals surface area contributed by atoms with Crippen molar-refractivity contribution in [2.24, 2.45) is 5.41 Å². The van der Waals surface area contributed by atoms with Crippen LogP contribution in [0.4, 0.5) is 0 Å². The number of pyridine rings is 1. The van der Waals surface area contributed by atoms with Gasteiger partial charge >= 0.3 is 0 Å². The van der Waals surface area contributed by atoms with Crippen LogP contribution >= 0.6 is 0 Å². The second-order valence-corrected chi connectivity index (χ2v) is 5.91. The molecule has 2 aromatic rings. The average molecular weight is 249 g/mol. The molecule has 0 N–H and O–H groups in total. The van der Waals surface area contributed by atoms with Crippen LogP contribution in [-0.2, 0) is 0 Å². The molecule has 0 bridgehead atoms. The van der Waals surface area contributed by atoms with Crippen LogP contribution in [0.15, 0.2) is 53.8 Å². The number of fused-ring (bicyclic) bond motifs is 1. The van der Waals surface area contributed by atoms with E-state index in [-0.39, 0.29) is 5.41 Å². The fourth-order valence-corrected chi connectivity index (χ4v) is 2.86. The maximum Gasteiger partial charge on any atom is 0.0780 e. The Morgan fingerprint density at radius 3 is 2.42 bits per heavy atom. The van der Waals surface area contributed by atoms with E-state index in [9.17, 15) is 0 Å². The van der Waals surface area contributed by atoms with E-state index in [4.69, 9.17) is 0 Å². The first-order valence-corrected chi connectivity index (χ1v) is 6.76. The molecular formula is C18H19N. The monoisotopic (exact) mass is 249 g/mol. The summed E-state index contributed by atoms with van der Waals surface area (Å²) >= 11 is 0. The van der Waals surface area contributed by atoms with E-state index in [1.165, 1.54) is 27.7 Å². The Bertz CT molecular complexity index is 712. The van der Waals surface area contributed by atoms with Gasteiger partial charge in [0.2, 0.25) is 0 Å². The molecule has 1 aliphatic rings. The van der Waals surface area contributed by atoms with E-state index in [1.807, 2.05) is 12.3 Å². The first kappa shape index (κ1) is 12.2.